The van der Waals surface area contributed by atoms with Crippen LogP contribution in [-0.2, 0) is 15.7 Å². The van der Waals surface area contributed by atoms with Crippen LogP contribution in [0.5, 0.6) is 11.5 Å². The Morgan fingerprint density at radius 2 is 1.61 bits per heavy atom. The average Bonchev–Trinajstić information content (AvgIpc) is 2.73. The fourth-order valence-electron chi connectivity index (χ4n) is 2.36. The lowest BCUT2D eigenvalue weighted by Crippen LogP contribution is -2.07. The van der Waals surface area contributed by atoms with Gasteiger partial charge in [-0.25, -0.2) is 4.79 Å². The Morgan fingerprint density at radius 3 is 2.18 bits per heavy atom. The summed E-state index contributed by atoms with van der Waals surface area (Å²) in [6.45, 7) is 0.353. The highest BCUT2D eigenvalue weighted by Gasteiger charge is 2.29. The van der Waals surface area contributed by atoms with Crippen molar-refractivity contribution >= 4 is 58.4 Å². The third-order valence-corrected chi connectivity index (χ3v) is 4.76. The summed E-state index contributed by atoms with van der Waals surface area (Å²) in [7, 11) is 0. The molecular weight excluding hydrogens is 527 g/mol. The van der Waals surface area contributed by atoms with E-state index in [1.54, 1.807) is 0 Å². The summed E-state index contributed by atoms with van der Waals surface area (Å²) in [5.74, 6) is 0.0145. The molecule has 0 amide bonds. The molecule has 0 spiro atoms. The summed E-state index contributed by atoms with van der Waals surface area (Å²) in [4.78, 5) is 11.7. The Labute approximate surface area is 208 Å². The minimum atomic E-state index is -4.41. The lowest BCUT2D eigenvalue weighted by atomic mass is 10.1. The van der Waals surface area contributed by atoms with Crippen molar-refractivity contribution in [1.29, 1.82) is 0 Å². The van der Waals surface area contributed by atoms with Crippen molar-refractivity contribution in [3.8, 4) is 11.5 Å². The van der Waals surface area contributed by atoms with Gasteiger partial charge < -0.3 is 14.2 Å². The largest absolute Gasteiger partial charge is 0.490 e. The van der Waals surface area contributed by atoms with Crippen LogP contribution in [0.2, 0.25) is 10.0 Å². The Morgan fingerprint density at radius 1 is 0.970 bits per heavy atom. The van der Waals surface area contributed by atoms with Crippen LogP contribution in [0, 0.1) is 0 Å². The van der Waals surface area contributed by atoms with Gasteiger partial charge in [0.2, 0.25) is 0 Å². The SMILES string of the molecule is O=C(/C=C/c1ccc(C(F)(F)F)cc1)OCCCOc1c(Cl)cc(OCC=C(Cl)Cl)cc1Cl. The molecule has 2 rings (SSSR count). The van der Waals surface area contributed by atoms with Gasteiger partial charge in [0.1, 0.15) is 16.8 Å². The van der Waals surface area contributed by atoms with Crippen LogP contribution in [0.1, 0.15) is 17.5 Å². The highest BCUT2D eigenvalue weighted by molar-refractivity contribution is 6.55. The Balaban J connectivity index is 1.75. The normalized spacial score (nSPS) is 11.4. The number of hydrogen-bond donors (Lipinski definition) is 0. The van der Waals surface area contributed by atoms with Crippen molar-refractivity contribution in [2.24, 2.45) is 0 Å². The molecule has 0 atom stereocenters. The smallest absolute Gasteiger partial charge is 0.416 e. The van der Waals surface area contributed by atoms with Crippen LogP contribution >= 0.6 is 46.4 Å². The quantitative estimate of drug-likeness (QED) is 0.175. The van der Waals surface area contributed by atoms with E-state index in [-0.39, 0.29) is 40.1 Å². The van der Waals surface area contributed by atoms with E-state index >= 15 is 0 Å². The predicted octanol–water partition coefficient (Wildman–Crippen LogP) is 7.74. The zero-order valence-corrected chi connectivity index (χ0v) is 19.8. The van der Waals surface area contributed by atoms with E-state index < -0.39 is 17.7 Å². The van der Waals surface area contributed by atoms with Crippen molar-refractivity contribution in [1.82, 2.24) is 0 Å². The zero-order chi connectivity index (χ0) is 24.4. The number of ether oxygens (including phenoxy) is 3. The number of carbonyl (C=O) groups excluding carboxylic acids is 1. The highest BCUT2D eigenvalue weighted by Crippen LogP contribution is 2.37. The molecule has 2 aromatic carbocycles. The molecular formula is C22H17Cl4F3O4. The lowest BCUT2D eigenvalue weighted by molar-refractivity contribution is -0.138. The Bertz CT molecular complexity index is 979. The molecule has 0 bridgehead atoms. The molecule has 0 radical (unpaired) electrons. The van der Waals surface area contributed by atoms with Gasteiger partial charge in [-0.2, -0.15) is 13.2 Å². The van der Waals surface area contributed by atoms with Gasteiger partial charge in [-0.05, 0) is 29.8 Å². The van der Waals surface area contributed by atoms with Crippen LogP contribution in [0.25, 0.3) is 6.08 Å². The molecule has 0 heterocycles. The number of alkyl halides is 3. The molecule has 0 N–H and O–H groups in total. The molecule has 0 aromatic heterocycles. The van der Waals surface area contributed by atoms with Gasteiger partial charge in [0.15, 0.2) is 5.75 Å². The van der Waals surface area contributed by atoms with Crippen LogP contribution < -0.4 is 9.47 Å². The first-order chi connectivity index (χ1) is 15.6. The summed E-state index contributed by atoms with van der Waals surface area (Å²) in [6.07, 6.45) is -0.120. The molecule has 4 nitrogen and oxygen atoms in total. The molecule has 0 aliphatic heterocycles. The maximum absolute atomic E-state index is 12.5. The number of hydrogen-bond acceptors (Lipinski definition) is 4. The summed E-state index contributed by atoms with van der Waals surface area (Å²) >= 11 is 23.3. The number of halogens is 7. The van der Waals surface area contributed by atoms with Crippen molar-refractivity contribution in [2.45, 2.75) is 12.6 Å². The maximum Gasteiger partial charge on any atom is 0.416 e. The minimum absolute atomic E-state index is 0.0537. The molecule has 178 valence electrons. The fraction of sp³-hybridized carbons (Fsp3) is 0.227. The van der Waals surface area contributed by atoms with Gasteiger partial charge in [-0.3, -0.25) is 0 Å². The molecule has 0 unspecified atom stereocenters. The maximum atomic E-state index is 12.5. The van der Waals surface area contributed by atoms with E-state index in [9.17, 15) is 18.0 Å². The summed E-state index contributed by atoms with van der Waals surface area (Å²) in [6, 6.07) is 7.42. The lowest BCUT2D eigenvalue weighted by Gasteiger charge is -2.12. The van der Waals surface area contributed by atoms with Crippen molar-refractivity contribution in [3.05, 3.63) is 74.2 Å². The van der Waals surface area contributed by atoms with Crippen LogP contribution in [0.15, 0.2) is 53.0 Å². The monoisotopic (exact) mass is 542 g/mol. The summed E-state index contributed by atoms with van der Waals surface area (Å²) in [5, 5.41) is 0.463. The van der Waals surface area contributed by atoms with Crippen LogP contribution in [-0.4, -0.2) is 25.8 Å². The van der Waals surface area contributed by atoms with Gasteiger partial charge in [-0.15, -0.1) is 0 Å². The topological polar surface area (TPSA) is 44.8 Å². The van der Waals surface area contributed by atoms with E-state index in [0.717, 1.165) is 18.2 Å². The van der Waals surface area contributed by atoms with Gasteiger partial charge in [0, 0.05) is 24.6 Å². The second-order valence-electron chi connectivity index (χ2n) is 6.34. The molecule has 2 aromatic rings. The van der Waals surface area contributed by atoms with Gasteiger partial charge in [0.05, 0.1) is 28.8 Å². The molecule has 0 saturated carbocycles. The first kappa shape index (κ1) is 27.2. The van der Waals surface area contributed by atoms with Crippen LogP contribution in [0.3, 0.4) is 0 Å². The first-order valence-corrected chi connectivity index (χ1v) is 10.9. The van der Waals surface area contributed by atoms with Crippen molar-refractivity contribution in [2.75, 3.05) is 19.8 Å². The zero-order valence-electron chi connectivity index (χ0n) is 16.8. The summed E-state index contributed by atoms with van der Waals surface area (Å²) < 4.78 is 53.7. The summed E-state index contributed by atoms with van der Waals surface area (Å²) in [5.41, 5.74) is -0.334. The van der Waals surface area contributed by atoms with Gasteiger partial charge >= 0.3 is 12.1 Å². The van der Waals surface area contributed by atoms with Crippen LogP contribution in [0.4, 0.5) is 13.2 Å². The second kappa shape index (κ2) is 13.0. The number of benzene rings is 2. The molecule has 0 saturated heterocycles. The van der Waals surface area contributed by atoms with E-state index in [0.29, 0.717) is 17.7 Å². The molecule has 0 aliphatic carbocycles. The highest BCUT2D eigenvalue weighted by atomic mass is 35.5. The minimum Gasteiger partial charge on any atom is -0.490 e. The van der Waals surface area contributed by atoms with Crippen molar-refractivity contribution in [3.63, 3.8) is 0 Å². The standard InChI is InChI=1S/C22H17Cl4F3O4/c23-17-12-16(31-11-8-19(25)26)13-18(24)21(17)33-10-1-9-32-20(30)7-4-14-2-5-15(6-3-14)22(27,28)29/h2-8,12-13H,1,9-11H2/b7-4+. The van der Waals surface area contributed by atoms with E-state index in [4.69, 9.17) is 60.6 Å². The molecule has 33 heavy (non-hydrogen) atoms. The number of esters is 1. The first-order valence-electron chi connectivity index (χ1n) is 9.34. The Kier molecular flexibility index (Phi) is 10.7. The third kappa shape index (κ3) is 9.76. The fourth-order valence-corrected chi connectivity index (χ4v) is 3.06. The Hall–Kier alpha value is -2.06. The second-order valence-corrected chi connectivity index (χ2v) is 8.17. The third-order valence-electron chi connectivity index (χ3n) is 3.89. The van der Waals surface area contributed by atoms with E-state index in [2.05, 4.69) is 0 Å². The van der Waals surface area contributed by atoms with Gasteiger partial charge in [-0.1, -0.05) is 58.5 Å². The number of rotatable bonds is 10. The predicted molar refractivity (Wildman–Crippen MR) is 123 cm³/mol. The van der Waals surface area contributed by atoms with Crippen molar-refractivity contribution < 1.29 is 32.2 Å². The molecule has 11 heteroatoms. The van der Waals surface area contributed by atoms with E-state index in [1.807, 2.05) is 0 Å². The molecule has 0 aliphatic rings. The molecule has 0 fully saturated rings. The number of carbonyl (C=O) groups is 1. The average molecular weight is 544 g/mol. The van der Waals surface area contributed by atoms with Gasteiger partial charge in [0.25, 0.3) is 0 Å². The van der Waals surface area contributed by atoms with E-state index in [1.165, 1.54) is 36.4 Å².